The molecule has 3 rings (SSSR count). The van der Waals surface area contributed by atoms with E-state index in [1.165, 1.54) is 0 Å². The maximum atomic E-state index is 11.9. The monoisotopic (exact) mass is 335 g/mol. The molecule has 0 saturated heterocycles. The number of carbonyl (C=O) groups excluding carboxylic acids is 1. The summed E-state index contributed by atoms with van der Waals surface area (Å²) in [6.07, 6.45) is 0. The van der Waals surface area contributed by atoms with Crippen LogP contribution in [0.4, 0.5) is 5.69 Å². The predicted molar refractivity (Wildman–Crippen MR) is 100 cm³/mol. The Morgan fingerprint density at radius 2 is 1.76 bits per heavy atom. The summed E-state index contributed by atoms with van der Waals surface area (Å²) < 4.78 is 11.2. The minimum atomic E-state index is -0.171. The molecule has 0 saturated carbocycles. The van der Waals surface area contributed by atoms with Gasteiger partial charge >= 0.3 is 0 Å². The van der Waals surface area contributed by atoms with Gasteiger partial charge in [0, 0.05) is 11.1 Å². The molecule has 0 bridgehead atoms. The maximum Gasteiger partial charge on any atom is 0.250 e. The molecule has 4 nitrogen and oxygen atoms in total. The first kappa shape index (κ1) is 17.0. The molecule has 0 aliphatic heterocycles. The third kappa shape index (κ3) is 4.81. The summed E-state index contributed by atoms with van der Waals surface area (Å²) in [5.41, 5.74) is 1.88. The zero-order valence-corrected chi connectivity index (χ0v) is 14.2. The van der Waals surface area contributed by atoms with Crippen LogP contribution >= 0.6 is 0 Å². The summed E-state index contributed by atoms with van der Waals surface area (Å²) in [7, 11) is 0. The van der Waals surface area contributed by atoms with Crippen LogP contribution < -0.4 is 10.1 Å². The number of aryl methyl sites for hydroxylation is 1. The maximum absolute atomic E-state index is 11.9. The number of rotatable bonds is 7. The van der Waals surface area contributed by atoms with Gasteiger partial charge in [0.05, 0.1) is 6.61 Å². The molecular formula is C21H21NO3. The zero-order chi connectivity index (χ0) is 17.5. The molecule has 0 heterocycles. The second-order valence-corrected chi connectivity index (χ2v) is 5.80. The van der Waals surface area contributed by atoms with Gasteiger partial charge in [0.15, 0.2) is 0 Å². The van der Waals surface area contributed by atoms with Crippen LogP contribution in [0.3, 0.4) is 0 Å². The van der Waals surface area contributed by atoms with Crippen molar-refractivity contribution < 1.29 is 14.3 Å². The van der Waals surface area contributed by atoms with Crippen LogP contribution in [0.2, 0.25) is 0 Å². The standard InChI is InChI=1S/C21H21NO3/c1-16-6-4-9-18(14-16)22-21(23)15-24-12-13-25-20-11-5-8-17-7-2-3-10-19(17)20/h2-11,14H,12-13,15H2,1H3,(H,22,23). The Morgan fingerprint density at radius 1 is 0.960 bits per heavy atom. The highest BCUT2D eigenvalue weighted by Crippen LogP contribution is 2.24. The molecule has 0 atom stereocenters. The highest BCUT2D eigenvalue weighted by atomic mass is 16.5. The van der Waals surface area contributed by atoms with Gasteiger partial charge in [-0.05, 0) is 36.1 Å². The van der Waals surface area contributed by atoms with Crippen LogP contribution in [0.15, 0.2) is 66.7 Å². The summed E-state index contributed by atoms with van der Waals surface area (Å²) in [5, 5.41) is 5.02. The topological polar surface area (TPSA) is 47.6 Å². The van der Waals surface area contributed by atoms with Crippen molar-refractivity contribution >= 4 is 22.4 Å². The highest BCUT2D eigenvalue weighted by molar-refractivity contribution is 5.91. The lowest BCUT2D eigenvalue weighted by Gasteiger charge is -2.10. The van der Waals surface area contributed by atoms with Crippen molar-refractivity contribution in [3.8, 4) is 5.75 Å². The molecule has 0 spiro atoms. The van der Waals surface area contributed by atoms with Crippen LogP contribution in [0.5, 0.6) is 5.75 Å². The molecule has 0 unspecified atom stereocenters. The van der Waals surface area contributed by atoms with Gasteiger partial charge < -0.3 is 14.8 Å². The van der Waals surface area contributed by atoms with Gasteiger partial charge in [-0.1, -0.05) is 48.5 Å². The van der Waals surface area contributed by atoms with Crippen molar-refractivity contribution in [3.63, 3.8) is 0 Å². The largest absolute Gasteiger partial charge is 0.491 e. The van der Waals surface area contributed by atoms with E-state index in [-0.39, 0.29) is 12.5 Å². The molecule has 25 heavy (non-hydrogen) atoms. The fourth-order valence-electron chi connectivity index (χ4n) is 2.62. The van der Waals surface area contributed by atoms with Crippen molar-refractivity contribution in [2.75, 3.05) is 25.1 Å². The van der Waals surface area contributed by atoms with Crippen molar-refractivity contribution in [3.05, 3.63) is 72.3 Å². The number of carbonyl (C=O) groups is 1. The Balaban J connectivity index is 1.42. The number of benzene rings is 3. The second kappa shape index (κ2) is 8.31. The third-order valence-corrected chi connectivity index (χ3v) is 3.77. The summed E-state index contributed by atoms with van der Waals surface area (Å²) in [6, 6.07) is 21.7. The van der Waals surface area contributed by atoms with E-state index >= 15 is 0 Å². The summed E-state index contributed by atoms with van der Waals surface area (Å²) >= 11 is 0. The summed E-state index contributed by atoms with van der Waals surface area (Å²) in [6.45, 7) is 2.74. The van der Waals surface area contributed by atoms with E-state index < -0.39 is 0 Å². The number of ether oxygens (including phenoxy) is 2. The highest BCUT2D eigenvalue weighted by Gasteiger charge is 2.04. The Bertz CT molecular complexity index is 855. The molecule has 0 aliphatic carbocycles. The molecule has 0 radical (unpaired) electrons. The number of anilines is 1. The summed E-state index contributed by atoms with van der Waals surface area (Å²) in [5.74, 6) is 0.654. The average molecular weight is 335 g/mol. The fraction of sp³-hybridized carbons (Fsp3) is 0.190. The number of fused-ring (bicyclic) bond motifs is 1. The van der Waals surface area contributed by atoms with E-state index in [1.807, 2.05) is 73.7 Å². The van der Waals surface area contributed by atoms with Crippen LogP contribution in [-0.2, 0) is 9.53 Å². The van der Waals surface area contributed by atoms with Gasteiger partial charge in [0.2, 0.25) is 5.91 Å². The minimum Gasteiger partial charge on any atom is -0.491 e. The van der Waals surface area contributed by atoms with Crippen molar-refractivity contribution in [1.82, 2.24) is 0 Å². The van der Waals surface area contributed by atoms with Gasteiger partial charge in [-0.3, -0.25) is 4.79 Å². The lowest BCUT2D eigenvalue weighted by Crippen LogP contribution is -2.20. The first-order valence-corrected chi connectivity index (χ1v) is 8.27. The van der Waals surface area contributed by atoms with E-state index in [2.05, 4.69) is 5.32 Å². The third-order valence-electron chi connectivity index (χ3n) is 3.77. The Morgan fingerprint density at radius 3 is 2.64 bits per heavy atom. The Kier molecular flexibility index (Phi) is 5.65. The normalized spacial score (nSPS) is 10.6. The number of nitrogens with one attached hydrogen (secondary N) is 1. The lowest BCUT2D eigenvalue weighted by atomic mass is 10.1. The zero-order valence-electron chi connectivity index (χ0n) is 14.2. The van der Waals surface area contributed by atoms with Crippen molar-refractivity contribution in [1.29, 1.82) is 0 Å². The quantitative estimate of drug-likeness (QED) is 0.659. The van der Waals surface area contributed by atoms with E-state index in [4.69, 9.17) is 9.47 Å². The Hall–Kier alpha value is -2.85. The predicted octanol–water partition coefficient (Wildman–Crippen LogP) is 4.18. The smallest absolute Gasteiger partial charge is 0.250 e. The van der Waals surface area contributed by atoms with E-state index in [1.54, 1.807) is 0 Å². The average Bonchev–Trinajstić information content (AvgIpc) is 2.61. The van der Waals surface area contributed by atoms with Crippen LogP contribution in [0, 0.1) is 6.92 Å². The fourth-order valence-corrected chi connectivity index (χ4v) is 2.62. The summed E-state index contributed by atoms with van der Waals surface area (Å²) in [4.78, 5) is 11.9. The van der Waals surface area contributed by atoms with Gasteiger partial charge in [-0.2, -0.15) is 0 Å². The molecule has 3 aromatic carbocycles. The lowest BCUT2D eigenvalue weighted by molar-refractivity contribution is -0.120. The number of hydrogen-bond acceptors (Lipinski definition) is 3. The molecule has 3 aromatic rings. The number of amides is 1. The molecular weight excluding hydrogens is 314 g/mol. The van der Waals surface area contributed by atoms with Crippen molar-refractivity contribution in [2.24, 2.45) is 0 Å². The minimum absolute atomic E-state index is 0.00679. The van der Waals surface area contributed by atoms with Gasteiger partial charge in [-0.25, -0.2) is 0 Å². The first-order valence-electron chi connectivity index (χ1n) is 8.27. The molecule has 1 N–H and O–H groups in total. The Labute approximate surface area is 147 Å². The number of hydrogen-bond donors (Lipinski definition) is 1. The molecule has 0 fully saturated rings. The van der Waals surface area contributed by atoms with Gasteiger partial charge in [0.25, 0.3) is 0 Å². The molecule has 128 valence electrons. The van der Waals surface area contributed by atoms with E-state index in [9.17, 15) is 4.79 Å². The van der Waals surface area contributed by atoms with Crippen LogP contribution in [-0.4, -0.2) is 25.7 Å². The second-order valence-electron chi connectivity index (χ2n) is 5.80. The molecule has 0 aliphatic rings. The van der Waals surface area contributed by atoms with E-state index in [0.29, 0.717) is 13.2 Å². The van der Waals surface area contributed by atoms with Crippen LogP contribution in [0.25, 0.3) is 10.8 Å². The molecule has 0 aromatic heterocycles. The molecule has 4 heteroatoms. The van der Waals surface area contributed by atoms with Crippen LogP contribution in [0.1, 0.15) is 5.56 Å². The first-order chi connectivity index (χ1) is 12.2. The van der Waals surface area contributed by atoms with Gasteiger partial charge in [-0.15, -0.1) is 0 Å². The molecule has 1 amide bonds. The van der Waals surface area contributed by atoms with Gasteiger partial charge in [0.1, 0.15) is 19.0 Å². The van der Waals surface area contributed by atoms with Crippen molar-refractivity contribution in [2.45, 2.75) is 6.92 Å². The van der Waals surface area contributed by atoms with E-state index in [0.717, 1.165) is 27.8 Å². The SMILES string of the molecule is Cc1cccc(NC(=O)COCCOc2cccc3ccccc23)c1.